The van der Waals surface area contributed by atoms with Crippen LogP contribution in [0, 0.1) is 0 Å². The Morgan fingerprint density at radius 2 is 2.10 bits per heavy atom. The van der Waals surface area contributed by atoms with Crippen molar-refractivity contribution < 1.29 is 14.9 Å². The Balaban J connectivity index is 1.87. The van der Waals surface area contributed by atoms with E-state index < -0.39 is 17.4 Å². The fraction of sp³-hybridized carbons (Fsp3) is 0.389. The van der Waals surface area contributed by atoms with Gasteiger partial charge in [0, 0.05) is 25.2 Å². The Hall–Kier alpha value is -2.53. The van der Waals surface area contributed by atoms with E-state index in [1.807, 2.05) is 0 Å². The van der Waals surface area contributed by atoms with Crippen LogP contribution in [0.3, 0.4) is 0 Å². The van der Waals surface area contributed by atoms with Gasteiger partial charge in [-0.2, -0.15) is 4.98 Å². The molecule has 0 saturated carbocycles. The van der Waals surface area contributed by atoms with Crippen molar-refractivity contribution in [3.63, 3.8) is 0 Å². The molecule has 4 N–H and O–H groups in total. The lowest BCUT2D eigenvalue weighted by Gasteiger charge is -2.16. The van der Waals surface area contributed by atoms with Gasteiger partial charge in [-0.1, -0.05) is 23.2 Å². The number of halogens is 2. The number of aliphatic hydroxyl groups excluding tert-OH is 2. The Labute approximate surface area is 180 Å². The molecule has 0 fully saturated rings. The first-order valence-corrected chi connectivity index (χ1v) is 9.87. The summed E-state index contributed by atoms with van der Waals surface area (Å²) in [6.45, 7) is 0.217. The second-order valence-electron chi connectivity index (χ2n) is 6.58. The van der Waals surface area contributed by atoms with E-state index in [9.17, 15) is 14.7 Å². The molecule has 1 atom stereocenters. The van der Waals surface area contributed by atoms with Crippen LogP contribution >= 0.6 is 23.2 Å². The van der Waals surface area contributed by atoms with Crippen molar-refractivity contribution in [2.24, 2.45) is 7.05 Å². The number of rotatable bonds is 9. The number of nitrogens with one attached hydrogen (secondary N) is 2. The predicted molar refractivity (Wildman–Crippen MR) is 114 cm³/mol. The third-order valence-corrected chi connectivity index (χ3v) is 4.87. The highest BCUT2D eigenvalue weighted by Crippen LogP contribution is 2.27. The van der Waals surface area contributed by atoms with Crippen molar-refractivity contribution in [1.82, 2.24) is 19.1 Å². The maximum Gasteiger partial charge on any atom is 0.329 e. The third-order valence-electron chi connectivity index (χ3n) is 4.34. The van der Waals surface area contributed by atoms with Gasteiger partial charge in [-0.15, -0.1) is 0 Å². The minimum atomic E-state index is -1.02. The molecule has 3 aromatic rings. The second kappa shape index (κ2) is 9.52. The summed E-state index contributed by atoms with van der Waals surface area (Å²) >= 11 is 11.9. The number of anilines is 1. The number of benzene rings is 1. The lowest BCUT2D eigenvalue weighted by Crippen LogP contribution is -2.31. The molecular weight excluding hydrogens is 437 g/mol. The van der Waals surface area contributed by atoms with Gasteiger partial charge >= 0.3 is 5.69 Å². The number of fused-ring (bicyclic) bond motifs is 1. The number of nitrogens with zero attached hydrogens (tertiary/aromatic N) is 3. The first-order chi connectivity index (χ1) is 14.3. The molecule has 0 spiro atoms. The Kier molecular flexibility index (Phi) is 7.03. The summed E-state index contributed by atoms with van der Waals surface area (Å²) in [6.07, 6.45) is -0.566. The number of aliphatic hydroxyl groups is 2. The van der Waals surface area contributed by atoms with E-state index in [0.717, 1.165) is 0 Å². The highest BCUT2D eigenvalue weighted by atomic mass is 35.5. The summed E-state index contributed by atoms with van der Waals surface area (Å²) in [5.74, 6) is 0.644. The van der Waals surface area contributed by atoms with E-state index in [2.05, 4.69) is 15.3 Å². The minimum absolute atomic E-state index is 0.0232. The third kappa shape index (κ3) is 4.78. The fourth-order valence-electron chi connectivity index (χ4n) is 2.87. The Morgan fingerprint density at radius 3 is 2.80 bits per heavy atom. The normalized spacial score (nSPS) is 12.3. The zero-order valence-corrected chi connectivity index (χ0v) is 17.6. The molecule has 0 unspecified atom stereocenters. The summed E-state index contributed by atoms with van der Waals surface area (Å²) in [7, 11) is 1.48. The standard InChI is InChI=1S/C18H21Cl2N5O5/c1-24-15-14(16(28)23-18(24)29)25(17(22-15)21-5-2-6-26)8-11(27)9-30-13-4-3-10(19)7-12(13)20/h3-4,7,11,26-27H,2,5-6,8-9H2,1H3,(H,21,22)(H,23,28,29)/t11-/m0/s1. The van der Waals surface area contributed by atoms with Crippen molar-refractivity contribution >= 4 is 40.3 Å². The molecule has 0 aliphatic heterocycles. The molecule has 0 bridgehead atoms. The minimum Gasteiger partial charge on any atom is -0.489 e. The topological polar surface area (TPSA) is 134 Å². The number of H-pyrrole nitrogens is 1. The fourth-order valence-corrected chi connectivity index (χ4v) is 3.33. The SMILES string of the molecule is Cn1c(=O)[nH]c(=O)c2c1nc(NCCCO)n2C[C@H](O)COc1ccc(Cl)cc1Cl. The molecule has 30 heavy (non-hydrogen) atoms. The Morgan fingerprint density at radius 1 is 1.33 bits per heavy atom. The van der Waals surface area contributed by atoms with Gasteiger partial charge < -0.3 is 24.8 Å². The number of hydrogen-bond donors (Lipinski definition) is 4. The zero-order chi connectivity index (χ0) is 21.8. The first kappa shape index (κ1) is 22.2. The predicted octanol–water partition coefficient (Wildman–Crippen LogP) is 0.964. The lowest BCUT2D eigenvalue weighted by atomic mass is 10.3. The molecule has 162 valence electrons. The van der Waals surface area contributed by atoms with Crippen molar-refractivity contribution in [2.75, 3.05) is 25.1 Å². The van der Waals surface area contributed by atoms with Crippen molar-refractivity contribution in [3.8, 4) is 5.75 Å². The van der Waals surface area contributed by atoms with Crippen LogP contribution in [0.2, 0.25) is 10.0 Å². The molecule has 10 nitrogen and oxygen atoms in total. The average Bonchev–Trinajstić information content (AvgIpc) is 3.04. The van der Waals surface area contributed by atoms with Crippen molar-refractivity contribution in [1.29, 1.82) is 0 Å². The largest absolute Gasteiger partial charge is 0.489 e. The summed E-state index contributed by atoms with van der Waals surface area (Å²) in [4.78, 5) is 30.9. The summed E-state index contributed by atoms with van der Waals surface area (Å²) in [5.41, 5.74) is -0.915. The van der Waals surface area contributed by atoms with Gasteiger partial charge in [-0.3, -0.25) is 14.3 Å². The molecule has 0 saturated heterocycles. The van der Waals surface area contributed by atoms with E-state index in [4.69, 9.17) is 33.0 Å². The molecule has 0 aliphatic rings. The quantitative estimate of drug-likeness (QED) is 0.351. The van der Waals surface area contributed by atoms with Crippen molar-refractivity contribution in [2.45, 2.75) is 19.1 Å². The lowest BCUT2D eigenvalue weighted by molar-refractivity contribution is 0.0939. The molecule has 2 aromatic heterocycles. The average molecular weight is 458 g/mol. The van der Waals surface area contributed by atoms with Gasteiger partial charge in [-0.25, -0.2) is 4.79 Å². The van der Waals surface area contributed by atoms with E-state index >= 15 is 0 Å². The number of hydrogen-bond acceptors (Lipinski definition) is 7. The summed E-state index contributed by atoms with van der Waals surface area (Å²) in [6, 6.07) is 4.73. The highest BCUT2D eigenvalue weighted by Gasteiger charge is 2.20. The molecule has 12 heteroatoms. The molecule has 0 aliphatic carbocycles. The molecular formula is C18H21Cl2N5O5. The van der Waals surface area contributed by atoms with E-state index in [1.165, 1.54) is 22.2 Å². The van der Waals surface area contributed by atoms with E-state index in [-0.39, 0.29) is 36.9 Å². The van der Waals surface area contributed by atoms with Gasteiger partial charge in [0.2, 0.25) is 5.95 Å². The summed E-state index contributed by atoms with van der Waals surface area (Å²) in [5, 5.41) is 23.3. The monoisotopic (exact) mass is 457 g/mol. The van der Waals surface area contributed by atoms with Crippen LogP contribution in [0.5, 0.6) is 5.75 Å². The Bertz CT molecular complexity index is 1160. The van der Waals surface area contributed by atoms with Crippen LogP contribution in [0.15, 0.2) is 27.8 Å². The first-order valence-electron chi connectivity index (χ1n) is 9.12. The van der Waals surface area contributed by atoms with Crippen LogP contribution in [0.1, 0.15) is 6.42 Å². The second-order valence-corrected chi connectivity index (χ2v) is 7.42. The molecule has 2 heterocycles. The molecule has 1 aromatic carbocycles. The van der Waals surface area contributed by atoms with Gasteiger partial charge in [-0.05, 0) is 24.6 Å². The van der Waals surface area contributed by atoms with Gasteiger partial charge in [0.1, 0.15) is 18.5 Å². The van der Waals surface area contributed by atoms with Crippen molar-refractivity contribution in [3.05, 3.63) is 49.1 Å². The van der Waals surface area contributed by atoms with Crippen LogP contribution in [0.4, 0.5) is 5.95 Å². The number of aryl methyl sites for hydroxylation is 1. The number of ether oxygens (including phenoxy) is 1. The van der Waals surface area contributed by atoms with E-state index in [0.29, 0.717) is 28.8 Å². The summed E-state index contributed by atoms with van der Waals surface area (Å²) < 4.78 is 8.24. The number of aromatic nitrogens is 4. The van der Waals surface area contributed by atoms with Gasteiger partial charge in [0.15, 0.2) is 11.2 Å². The molecule has 0 amide bonds. The van der Waals surface area contributed by atoms with Crippen LogP contribution in [0.25, 0.3) is 11.2 Å². The van der Waals surface area contributed by atoms with Gasteiger partial charge in [0.25, 0.3) is 5.56 Å². The number of imidazole rings is 1. The molecule has 3 rings (SSSR count). The van der Waals surface area contributed by atoms with Crippen LogP contribution < -0.4 is 21.3 Å². The van der Waals surface area contributed by atoms with Crippen LogP contribution in [-0.4, -0.2) is 55.2 Å². The zero-order valence-electron chi connectivity index (χ0n) is 16.1. The number of aromatic amines is 1. The van der Waals surface area contributed by atoms with Crippen LogP contribution in [-0.2, 0) is 13.6 Å². The van der Waals surface area contributed by atoms with E-state index in [1.54, 1.807) is 12.1 Å². The van der Waals surface area contributed by atoms with Gasteiger partial charge in [0.05, 0.1) is 11.6 Å². The molecule has 0 radical (unpaired) electrons. The maximum absolute atomic E-state index is 12.4. The maximum atomic E-state index is 12.4. The smallest absolute Gasteiger partial charge is 0.329 e. The highest BCUT2D eigenvalue weighted by molar-refractivity contribution is 6.35.